The molecule has 4 rings (SSSR count). The predicted molar refractivity (Wildman–Crippen MR) is 97.7 cm³/mol. The molecule has 0 aromatic carbocycles. The molecule has 0 aromatic rings. The van der Waals surface area contributed by atoms with Gasteiger partial charge in [-0.05, 0) is 41.9 Å². The van der Waals surface area contributed by atoms with Gasteiger partial charge in [0.05, 0.1) is 8.07 Å². The van der Waals surface area contributed by atoms with E-state index in [-0.39, 0.29) is 0 Å². The normalized spacial score (nSPS) is 30.0. The van der Waals surface area contributed by atoms with Crippen LogP contribution in [-0.4, -0.2) is 13.8 Å². The van der Waals surface area contributed by atoms with Crippen LogP contribution in [0, 0.1) is 11.8 Å². The lowest BCUT2D eigenvalue weighted by Crippen LogP contribution is -2.26. The molecule has 0 spiro atoms. The minimum Gasteiger partial charge on any atom is -0.261 e. The maximum atomic E-state index is 4.92. The summed E-state index contributed by atoms with van der Waals surface area (Å²) in [5.41, 5.74) is 7.34. The lowest BCUT2D eigenvalue weighted by Gasteiger charge is -2.28. The highest BCUT2D eigenvalue weighted by molar-refractivity contribution is 6.83. The van der Waals surface area contributed by atoms with Crippen LogP contribution in [0.15, 0.2) is 63.0 Å². The van der Waals surface area contributed by atoms with Crippen molar-refractivity contribution in [2.75, 3.05) is 0 Å². The second-order valence-electron chi connectivity index (χ2n) is 8.15. The van der Waals surface area contributed by atoms with Crippen LogP contribution in [0.3, 0.4) is 0 Å². The summed E-state index contributed by atoms with van der Waals surface area (Å²) in [6.07, 6.45) is 15.3. The zero-order chi connectivity index (χ0) is 15.5. The summed E-state index contributed by atoms with van der Waals surface area (Å²) in [5, 5.41) is 1.61. The highest BCUT2D eigenvalue weighted by Gasteiger charge is 2.36. The first-order chi connectivity index (χ1) is 10.4. The Labute approximate surface area is 134 Å². The molecular weight excluding hydrogens is 282 g/mol. The molecule has 0 saturated carbocycles. The van der Waals surface area contributed by atoms with Crippen molar-refractivity contribution in [3.8, 4) is 0 Å². The van der Waals surface area contributed by atoms with Gasteiger partial charge in [-0.3, -0.25) is 4.99 Å². The van der Waals surface area contributed by atoms with E-state index in [1.165, 1.54) is 35.3 Å². The number of allylic oxidation sites excluding steroid dienone is 9. The molecule has 0 aromatic heterocycles. The molecule has 22 heavy (non-hydrogen) atoms. The minimum absolute atomic E-state index is 0.609. The molecular formula is C20H25NSi. The van der Waals surface area contributed by atoms with Gasteiger partial charge >= 0.3 is 0 Å². The van der Waals surface area contributed by atoms with Crippen molar-refractivity contribution in [1.82, 2.24) is 0 Å². The Morgan fingerprint density at radius 3 is 2.64 bits per heavy atom. The van der Waals surface area contributed by atoms with Gasteiger partial charge in [0.1, 0.15) is 0 Å². The molecule has 3 aliphatic carbocycles. The van der Waals surface area contributed by atoms with Crippen LogP contribution in [0.25, 0.3) is 0 Å². The van der Waals surface area contributed by atoms with Crippen molar-refractivity contribution in [2.45, 2.75) is 45.8 Å². The molecule has 1 aliphatic heterocycles. The number of fused-ring (bicyclic) bond motifs is 2. The van der Waals surface area contributed by atoms with Gasteiger partial charge in [-0.2, -0.15) is 0 Å². The summed E-state index contributed by atoms with van der Waals surface area (Å²) in [6.45, 7) is 9.58. The Hall–Kier alpha value is -1.41. The highest BCUT2D eigenvalue weighted by atomic mass is 28.3. The van der Waals surface area contributed by atoms with Crippen LogP contribution < -0.4 is 0 Å². The zero-order valence-corrected chi connectivity index (χ0v) is 15.1. The molecule has 0 amide bonds. The van der Waals surface area contributed by atoms with Crippen molar-refractivity contribution in [2.24, 2.45) is 16.8 Å². The SMILES string of the molecule is CC1C=CC2=C(C3=NC=C([Si](C)(C)C)CC3)C3=CC3C=C2C1. The van der Waals surface area contributed by atoms with Crippen LogP contribution in [0.2, 0.25) is 19.6 Å². The van der Waals surface area contributed by atoms with E-state index in [1.54, 1.807) is 10.8 Å². The third-order valence-electron chi connectivity index (χ3n) is 5.29. The number of nitrogens with zero attached hydrogens (tertiary/aromatic N) is 1. The zero-order valence-electron chi connectivity index (χ0n) is 14.1. The summed E-state index contributed by atoms with van der Waals surface area (Å²) in [7, 11) is -1.19. The van der Waals surface area contributed by atoms with Crippen molar-refractivity contribution in [3.63, 3.8) is 0 Å². The predicted octanol–water partition coefficient (Wildman–Crippen LogP) is 5.37. The van der Waals surface area contributed by atoms with Crippen molar-refractivity contribution >= 4 is 13.8 Å². The lowest BCUT2D eigenvalue weighted by atomic mass is 9.79. The quantitative estimate of drug-likeness (QED) is 0.608. The summed E-state index contributed by atoms with van der Waals surface area (Å²) in [5.74, 6) is 1.28. The minimum atomic E-state index is -1.19. The van der Waals surface area contributed by atoms with Gasteiger partial charge in [0, 0.05) is 23.4 Å². The maximum Gasteiger partial charge on any atom is 0.0744 e. The fraction of sp³-hybridized carbons (Fsp3) is 0.450. The van der Waals surface area contributed by atoms with Crippen LogP contribution in [0.1, 0.15) is 26.2 Å². The standard InChI is InChI=1S/C20H25NSi/c1-13-5-7-17-14(9-13)10-15-11-18(15)20(17)19-8-6-16(12-21-19)22(2,3)4/h5,7,10-13,15H,6,8-9H2,1-4H3. The topological polar surface area (TPSA) is 12.4 Å². The van der Waals surface area contributed by atoms with E-state index in [9.17, 15) is 0 Å². The number of aliphatic imine (C=N–C) groups is 1. The van der Waals surface area contributed by atoms with Crippen LogP contribution in [0.5, 0.6) is 0 Å². The maximum absolute atomic E-state index is 4.92. The van der Waals surface area contributed by atoms with E-state index >= 15 is 0 Å². The molecule has 0 radical (unpaired) electrons. The lowest BCUT2D eigenvalue weighted by molar-refractivity contribution is 0.702. The Balaban J connectivity index is 1.75. The molecule has 2 unspecified atom stereocenters. The first kappa shape index (κ1) is 14.2. The van der Waals surface area contributed by atoms with Gasteiger partial charge in [0.25, 0.3) is 0 Å². The number of rotatable bonds is 2. The molecule has 2 atom stereocenters. The summed E-state index contributed by atoms with van der Waals surface area (Å²) in [6, 6.07) is 0. The van der Waals surface area contributed by atoms with Gasteiger partial charge in [0.2, 0.25) is 0 Å². The number of hydrogen-bond donors (Lipinski definition) is 0. The molecule has 4 aliphatic rings. The monoisotopic (exact) mass is 307 g/mol. The van der Waals surface area contributed by atoms with Crippen LogP contribution >= 0.6 is 0 Å². The summed E-state index contributed by atoms with van der Waals surface area (Å²) in [4.78, 5) is 4.92. The first-order valence-electron chi connectivity index (χ1n) is 8.55. The average Bonchev–Trinajstić information content (AvgIpc) is 3.22. The number of hydrogen-bond acceptors (Lipinski definition) is 1. The van der Waals surface area contributed by atoms with E-state index in [0.717, 1.165) is 6.42 Å². The van der Waals surface area contributed by atoms with Crippen LogP contribution in [-0.2, 0) is 0 Å². The molecule has 114 valence electrons. The van der Waals surface area contributed by atoms with Crippen molar-refractivity contribution in [1.29, 1.82) is 0 Å². The van der Waals surface area contributed by atoms with Gasteiger partial charge in [-0.25, -0.2) is 0 Å². The Kier molecular flexibility index (Phi) is 3.09. The van der Waals surface area contributed by atoms with Crippen molar-refractivity contribution in [3.05, 3.63) is 58.0 Å². The van der Waals surface area contributed by atoms with Gasteiger partial charge in [-0.1, -0.05) is 56.1 Å². The largest absolute Gasteiger partial charge is 0.261 e. The van der Waals surface area contributed by atoms with E-state index in [4.69, 9.17) is 4.99 Å². The molecule has 0 saturated heterocycles. The Morgan fingerprint density at radius 1 is 1.14 bits per heavy atom. The fourth-order valence-electron chi connectivity index (χ4n) is 3.82. The molecule has 1 heterocycles. The van der Waals surface area contributed by atoms with Gasteiger partial charge in [-0.15, -0.1) is 0 Å². The Morgan fingerprint density at radius 2 is 1.95 bits per heavy atom. The summed E-state index contributed by atoms with van der Waals surface area (Å²) >= 11 is 0. The van der Waals surface area contributed by atoms with Gasteiger partial charge < -0.3 is 0 Å². The third-order valence-corrected chi connectivity index (χ3v) is 7.59. The fourth-order valence-corrected chi connectivity index (χ4v) is 5.14. The van der Waals surface area contributed by atoms with Crippen LogP contribution in [0.4, 0.5) is 0 Å². The third kappa shape index (κ3) is 2.34. The summed E-state index contributed by atoms with van der Waals surface area (Å²) < 4.78 is 0. The smallest absolute Gasteiger partial charge is 0.0744 e. The Bertz CT molecular complexity index is 719. The van der Waals surface area contributed by atoms with Crippen molar-refractivity contribution < 1.29 is 0 Å². The molecule has 0 N–H and O–H groups in total. The second kappa shape index (κ2) is 4.79. The molecule has 0 fully saturated rings. The van der Waals surface area contributed by atoms with Gasteiger partial charge in [0.15, 0.2) is 0 Å². The van der Waals surface area contributed by atoms with E-state index in [0.29, 0.717) is 11.8 Å². The highest BCUT2D eigenvalue weighted by Crippen LogP contribution is 2.48. The van der Waals surface area contributed by atoms with E-state index < -0.39 is 8.07 Å². The average molecular weight is 308 g/mol. The first-order valence-corrected chi connectivity index (χ1v) is 12.1. The molecule has 2 heteroatoms. The second-order valence-corrected chi connectivity index (χ2v) is 13.3. The molecule has 0 bridgehead atoms. The van der Waals surface area contributed by atoms with E-state index in [1.807, 2.05) is 0 Å². The molecule has 1 nitrogen and oxygen atoms in total. The van der Waals surface area contributed by atoms with E-state index in [2.05, 4.69) is 57.1 Å².